The number of carbonyl (C=O) groups excluding carboxylic acids is 1. The van der Waals surface area contributed by atoms with E-state index >= 15 is 0 Å². The zero-order valence-corrected chi connectivity index (χ0v) is 14.5. The van der Waals surface area contributed by atoms with Gasteiger partial charge in [0.1, 0.15) is 6.04 Å². The quantitative estimate of drug-likeness (QED) is 0.901. The first-order valence-corrected chi connectivity index (χ1v) is 8.09. The Morgan fingerprint density at radius 1 is 1.29 bits per heavy atom. The molecule has 2 N–H and O–H groups in total. The summed E-state index contributed by atoms with van der Waals surface area (Å²) in [6.45, 7) is 8.09. The number of nitrogens with zero attached hydrogens (tertiary/aromatic N) is 4. The van der Waals surface area contributed by atoms with Gasteiger partial charge in [0.15, 0.2) is 0 Å². The zero-order chi connectivity index (χ0) is 15.9. The third kappa shape index (κ3) is 3.19. The number of thioether (sulfide) groups is 1. The van der Waals surface area contributed by atoms with Crippen molar-refractivity contribution in [2.45, 2.75) is 43.9 Å². The average molecular weight is 350 g/mol. The maximum Gasteiger partial charge on any atom is 0.241 e. The van der Waals surface area contributed by atoms with E-state index in [-0.39, 0.29) is 32.6 Å². The van der Waals surface area contributed by atoms with Gasteiger partial charge in [-0.25, -0.2) is 0 Å². The maximum absolute atomic E-state index is 12.0. The number of nitrogens with two attached hydrogens (primary N) is 1. The number of rotatable bonds is 3. The van der Waals surface area contributed by atoms with Crippen molar-refractivity contribution in [2.75, 3.05) is 4.90 Å². The summed E-state index contributed by atoms with van der Waals surface area (Å²) < 4.78 is -0.369. The molecule has 2 atom stereocenters. The van der Waals surface area contributed by atoms with Crippen LogP contribution in [0.4, 0.5) is 5.95 Å². The van der Waals surface area contributed by atoms with Crippen LogP contribution < -0.4 is 10.6 Å². The molecule has 1 aromatic rings. The Bertz CT molecular complexity index is 548. The molecule has 1 amide bonds. The van der Waals surface area contributed by atoms with Crippen molar-refractivity contribution in [1.29, 1.82) is 0 Å². The molecule has 0 radical (unpaired) electrons. The molecule has 116 valence electrons. The Morgan fingerprint density at radius 2 is 1.81 bits per heavy atom. The summed E-state index contributed by atoms with van der Waals surface area (Å²) in [6.07, 6.45) is 0. The van der Waals surface area contributed by atoms with Gasteiger partial charge in [0.2, 0.25) is 22.4 Å². The SMILES string of the molecule is CC(C)C1SC(C)(C)C(C(N)=O)N1c1nc(Cl)nc(Cl)n1. The van der Waals surface area contributed by atoms with E-state index in [0.717, 1.165) is 0 Å². The van der Waals surface area contributed by atoms with Crippen LogP contribution in [0.1, 0.15) is 27.7 Å². The smallest absolute Gasteiger partial charge is 0.241 e. The number of aromatic nitrogens is 3. The van der Waals surface area contributed by atoms with E-state index in [4.69, 9.17) is 28.9 Å². The van der Waals surface area contributed by atoms with Gasteiger partial charge in [-0.05, 0) is 43.0 Å². The number of halogens is 2. The van der Waals surface area contributed by atoms with Gasteiger partial charge in [0, 0.05) is 4.75 Å². The van der Waals surface area contributed by atoms with Crippen LogP contribution in [0.5, 0.6) is 0 Å². The van der Waals surface area contributed by atoms with Crippen LogP contribution in [0.3, 0.4) is 0 Å². The molecular weight excluding hydrogens is 333 g/mol. The summed E-state index contributed by atoms with van der Waals surface area (Å²) in [6, 6.07) is -0.551. The Morgan fingerprint density at radius 3 is 2.24 bits per heavy atom. The molecule has 1 fully saturated rings. The normalized spacial score (nSPS) is 24.6. The predicted octanol–water partition coefficient (Wildman–Crippen LogP) is 2.35. The van der Waals surface area contributed by atoms with Crippen LogP contribution in [0, 0.1) is 5.92 Å². The van der Waals surface area contributed by atoms with E-state index in [1.54, 1.807) is 16.7 Å². The fourth-order valence-corrected chi connectivity index (χ4v) is 4.45. The average Bonchev–Trinajstić information content (AvgIpc) is 2.59. The minimum Gasteiger partial charge on any atom is -0.368 e. The number of hydrogen-bond acceptors (Lipinski definition) is 6. The van der Waals surface area contributed by atoms with Crippen LogP contribution in [0.25, 0.3) is 0 Å². The van der Waals surface area contributed by atoms with Crippen LogP contribution in [0.15, 0.2) is 0 Å². The van der Waals surface area contributed by atoms with Gasteiger partial charge in [-0.1, -0.05) is 13.8 Å². The van der Waals surface area contributed by atoms with E-state index in [9.17, 15) is 4.79 Å². The molecule has 2 heterocycles. The molecule has 2 rings (SSSR count). The van der Waals surface area contributed by atoms with Crippen molar-refractivity contribution in [3.63, 3.8) is 0 Å². The number of amides is 1. The monoisotopic (exact) mass is 349 g/mol. The standard InChI is InChI=1S/C12H17Cl2N5OS/c1-5(2)8-19(6(7(15)20)12(3,4)21-8)11-17-9(13)16-10(14)18-11/h5-6,8H,1-4H3,(H2,15,20). The van der Waals surface area contributed by atoms with Crippen molar-refractivity contribution >= 4 is 46.8 Å². The molecule has 0 spiro atoms. The van der Waals surface area contributed by atoms with E-state index in [1.807, 2.05) is 13.8 Å². The van der Waals surface area contributed by atoms with E-state index < -0.39 is 11.9 Å². The molecule has 0 saturated carbocycles. The molecule has 1 saturated heterocycles. The van der Waals surface area contributed by atoms with Crippen LogP contribution >= 0.6 is 35.0 Å². The van der Waals surface area contributed by atoms with Gasteiger partial charge in [0.05, 0.1) is 5.37 Å². The second-order valence-corrected chi connectivity index (χ2v) is 8.19. The summed E-state index contributed by atoms with van der Waals surface area (Å²) in [4.78, 5) is 25.7. The Hall–Kier alpha value is -0.790. The lowest BCUT2D eigenvalue weighted by Gasteiger charge is -2.31. The highest BCUT2D eigenvalue weighted by atomic mass is 35.5. The van der Waals surface area contributed by atoms with Gasteiger partial charge >= 0.3 is 0 Å². The molecule has 0 aliphatic carbocycles. The van der Waals surface area contributed by atoms with Crippen molar-refractivity contribution in [3.8, 4) is 0 Å². The molecule has 21 heavy (non-hydrogen) atoms. The molecule has 1 aliphatic rings. The fourth-order valence-electron chi connectivity index (χ4n) is 2.51. The Balaban J connectivity index is 2.55. The second-order valence-electron chi connectivity index (χ2n) is 5.74. The summed E-state index contributed by atoms with van der Waals surface area (Å²) >= 11 is 13.4. The zero-order valence-electron chi connectivity index (χ0n) is 12.2. The van der Waals surface area contributed by atoms with E-state index in [2.05, 4.69) is 28.8 Å². The van der Waals surface area contributed by atoms with Gasteiger partial charge in [-0.2, -0.15) is 15.0 Å². The minimum atomic E-state index is -0.551. The minimum absolute atomic E-state index is 0.00738. The largest absolute Gasteiger partial charge is 0.368 e. The first kappa shape index (κ1) is 16.6. The highest BCUT2D eigenvalue weighted by Gasteiger charge is 2.52. The second kappa shape index (κ2) is 5.78. The molecular formula is C12H17Cl2N5OS. The van der Waals surface area contributed by atoms with Gasteiger partial charge in [-0.15, -0.1) is 11.8 Å². The third-order valence-corrected chi connectivity index (χ3v) is 5.46. The number of hydrogen-bond donors (Lipinski definition) is 1. The maximum atomic E-state index is 12.0. The molecule has 9 heteroatoms. The first-order valence-electron chi connectivity index (χ1n) is 6.46. The summed E-state index contributed by atoms with van der Waals surface area (Å²) in [7, 11) is 0. The van der Waals surface area contributed by atoms with Crippen LogP contribution in [-0.4, -0.2) is 37.0 Å². The van der Waals surface area contributed by atoms with Gasteiger partial charge < -0.3 is 10.6 Å². The Kier molecular flexibility index (Phi) is 4.56. The van der Waals surface area contributed by atoms with Crippen molar-refractivity contribution in [1.82, 2.24) is 15.0 Å². The van der Waals surface area contributed by atoms with Crippen LogP contribution in [0.2, 0.25) is 10.6 Å². The van der Waals surface area contributed by atoms with Crippen molar-refractivity contribution < 1.29 is 4.79 Å². The number of anilines is 1. The summed E-state index contributed by atoms with van der Waals surface area (Å²) in [5, 5.41) is -0.0251. The summed E-state index contributed by atoms with van der Waals surface area (Å²) in [5.74, 6) is 0.108. The van der Waals surface area contributed by atoms with Gasteiger partial charge in [-0.3, -0.25) is 4.79 Å². The predicted molar refractivity (Wildman–Crippen MR) is 85.6 cm³/mol. The lowest BCUT2D eigenvalue weighted by molar-refractivity contribution is -0.119. The Labute approximate surface area is 137 Å². The molecule has 6 nitrogen and oxygen atoms in total. The topological polar surface area (TPSA) is 85.0 Å². The molecule has 1 aromatic heterocycles. The summed E-state index contributed by atoms with van der Waals surface area (Å²) in [5.41, 5.74) is 5.61. The molecule has 2 unspecified atom stereocenters. The third-order valence-electron chi connectivity index (χ3n) is 3.28. The highest BCUT2D eigenvalue weighted by molar-refractivity contribution is 8.01. The highest BCUT2D eigenvalue weighted by Crippen LogP contribution is 2.48. The van der Waals surface area contributed by atoms with E-state index in [0.29, 0.717) is 0 Å². The molecule has 1 aliphatic heterocycles. The van der Waals surface area contributed by atoms with Crippen molar-refractivity contribution in [3.05, 3.63) is 10.6 Å². The lowest BCUT2D eigenvalue weighted by Crippen LogP contribution is -2.52. The van der Waals surface area contributed by atoms with Crippen LogP contribution in [-0.2, 0) is 4.79 Å². The number of carbonyl (C=O) groups is 1. The first-order chi connectivity index (χ1) is 9.63. The molecule has 0 bridgehead atoms. The lowest BCUT2D eigenvalue weighted by atomic mass is 10.0. The fraction of sp³-hybridized carbons (Fsp3) is 0.667. The van der Waals surface area contributed by atoms with Crippen molar-refractivity contribution in [2.24, 2.45) is 11.7 Å². The van der Waals surface area contributed by atoms with Gasteiger partial charge in [0.25, 0.3) is 0 Å². The number of primary amides is 1. The molecule has 0 aromatic carbocycles. The van der Waals surface area contributed by atoms with E-state index in [1.165, 1.54) is 0 Å².